The van der Waals surface area contributed by atoms with Crippen molar-refractivity contribution >= 4 is 7.12 Å². The smallest absolute Gasteiger partial charge is 0.399 e. The monoisotopic (exact) mass is 412 g/mol. The minimum atomic E-state index is -0.275. The molecule has 0 amide bonds. The molecule has 1 fully saturated rings. The van der Waals surface area contributed by atoms with Crippen molar-refractivity contribution in [1.29, 1.82) is 0 Å². The molecule has 1 heterocycles. The maximum absolute atomic E-state index is 5.85. The third-order valence-electron chi connectivity index (χ3n) is 3.26. The molecule has 2 nitrogen and oxygen atoms in total. The lowest BCUT2D eigenvalue weighted by molar-refractivity contribution is 0.00578. The Morgan fingerprint density at radius 3 is 1.10 bits per heavy atom. The standard InChI is InChI=1S/C11H19BO2.C4H6.C3H8.4C2H6/c1-7-9(8-2)12-13-10(3,4)11(5,6)14-12;1-3-4-2;1-3-2;4*1-2/h7-8H,1H2,2-6H3;3-4H,1-2H2;3H2,1-2H3;4*1-2H3/b9-8+;;;;;;. The Morgan fingerprint density at radius 1 is 0.724 bits per heavy atom. The van der Waals surface area contributed by atoms with Crippen molar-refractivity contribution in [1.82, 2.24) is 0 Å². The van der Waals surface area contributed by atoms with Crippen LogP contribution in [-0.4, -0.2) is 18.3 Å². The van der Waals surface area contributed by atoms with E-state index in [0.717, 1.165) is 5.47 Å². The van der Waals surface area contributed by atoms with Gasteiger partial charge in [0.1, 0.15) is 0 Å². The fraction of sp³-hybridized carbons (Fsp3) is 0.692. The highest BCUT2D eigenvalue weighted by Gasteiger charge is 2.51. The summed E-state index contributed by atoms with van der Waals surface area (Å²) in [6.07, 6.45) is 8.28. The molecule has 1 saturated heterocycles. The second-order valence-electron chi connectivity index (χ2n) is 5.76. The predicted molar refractivity (Wildman–Crippen MR) is 142 cm³/mol. The average molecular weight is 413 g/mol. The van der Waals surface area contributed by atoms with Crippen molar-refractivity contribution < 1.29 is 9.31 Å². The van der Waals surface area contributed by atoms with E-state index in [0.29, 0.717) is 0 Å². The summed E-state index contributed by atoms with van der Waals surface area (Å²) in [6, 6.07) is 0. The zero-order chi connectivity index (χ0) is 25.1. The summed E-state index contributed by atoms with van der Waals surface area (Å²) in [5.74, 6) is 0. The topological polar surface area (TPSA) is 18.5 Å². The van der Waals surface area contributed by atoms with Gasteiger partial charge in [0.05, 0.1) is 11.2 Å². The van der Waals surface area contributed by atoms with E-state index in [1.165, 1.54) is 6.42 Å². The largest absolute Gasteiger partial charge is 0.494 e. The van der Waals surface area contributed by atoms with E-state index in [9.17, 15) is 0 Å². The Labute approximate surface area is 187 Å². The van der Waals surface area contributed by atoms with E-state index >= 15 is 0 Å². The molecule has 3 heteroatoms. The van der Waals surface area contributed by atoms with Gasteiger partial charge in [-0.1, -0.05) is 120 Å². The first-order valence-electron chi connectivity index (χ1n) is 11.5. The summed E-state index contributed by atoms with van der Waals surface area (Å²) < 4.78 is 11.7. The van der Waals surface area contributed by atoms with E-state index in [1.54, 1.807) is 18.2 Å². The van der Waals surface area contributed by atoms with Crippen LogP contribution in [0.2, 0.25) is 0 Å². The second-order valence-corrected chi connectivity index (χ2v) is 5.76. The molecule has 0 aliphatic carbocycles. The Morgan fingerprint density at radius 2 is 0.966 bits per heavy atom. The molecular weight excluding hydrogens is 355 g/mol. The first-order chi connectivity index (χ1) is 13.7. The van der Waals surface area contributed by atoms with Gasteiger partial charge < -0.3 is 9.31 Å². The molecule has 0 N–H and O–H groups in total. The summed E-state index contributed by atoms with van der Waals surface area (Å²) in [7, 11) is -0.275. The van der Waals surface area contributed by atoms with Gasteiger partial charge in [-0.15, -0.1) is 0 Å². The summed E-state index contributed by atoms with van der Waals surface area (Å²) in [5.41, 5.74) is 0.452. The fourth-order valence-corrected chi connectivity index (χ4v) is 1.33. The van der Waals surface area contributed by atoms with Gasteiger partial charge in [-0.25, -0.2) is 0 Å². The first-order valence-corrected chi connectivity index (χ1v) is 11.5. The van der Waals surface area contributed by atoms with Crippen molar-refractivity contribution in [2.75, 3.05) is 0 Å². The van der Waals surface area contributed by atoms with Crippen LogP contribution in [-0.2, 0) is 9.31 Å². The predicted octanol–water partition coefficient (Wildman–Crippen LogP) is 9.63. The Kier molecular flexibility index (Phi) is 46.0. The van der Waals surface area contributed by atoms with Gasteiger partial charge in [0.25, 0.3) is 0 Å². The zero-order valence-electron chi connectivity index (χ0n) is 23.0. The van der Waals surface area contributed by atoms with Gasteiger partial charge in [-0.05, 0) is 40.1 Å². The molecule has 176 valence electrons. The molecule has 0 atom stereocenters. The quantitative estimate of drug-likeness (QED) is 0.339. The Balaban J connectivity index is -0.0000000735. The van der Waals surface area contributed by atoms with Crippen LogP contribution in [0.25, 0.3) is 0 Å². The van der Waals surface area contributed by atoms with Crippen molar-refractivity contribution in [2.24, 2.45) is 0 Å². The number of hydrogen-bond donors (Lipinski definition) is 0. The molecule has 1 aliphatic rings. The summed E-state index contributed by atoms with van der Waals surface area (Å²) in [5, 5.41) is 0. The van der Waals surface area contributed by atoms with Crippen LogP contribution in [0.4, 0.5) is 0 Å². The van der Waals surface area contributed by atoms with Gasteiger partial charge in [0.2, 0.25) is 0 Å². The third-order valence-corrected chi connectivity index (χ3v) is 3.26. The van der Waals surface area contributed by atoms with E-state index in [2.05, 4.69) is 33.6 Å². The molecule has 1 aliphatic heterocycles. The van der Waals surface area contributed by atoms with Crippen molar-refractivity contribution in [2.45, 2.75) is 121 Å². The van der Waals surface area contributed by atoms with Crippen LogP contribution in [0.15, 0.2) is 49.5 Å². The van der Waals surface area contributed by atoms with Crippen LogP contribution in [0.1, 0.15) is 110 Å². The summed E-state index contributed by atoms with van der Waals surface area (Å²) >= 11 is 0. The number of rotatable bonds is 3. The maximum atomic E-state index is 5.85. The minimum absolute atomic E-state index is 0.269. The van der Waals surface area contributed by atoms with Gasteiger partial charge in [0, 0.05) is 0 Å². The van der Waals surface area contributed by atoms with Crippen LogP contribution in [0.5, 0.6) is 0 Å². The molecule has 0 aromatic heterocycles. The fourth-order valence-electron chi connectivity index (χ4n) is 1.33. The van der Waals surface area contributed by atoms with Crippen LogP contribution < -0.4 is 0 Å². The van der Waals surface area contributed by atoms with Crippen molar-refractivity contribution in [3.05, 3.63) is 49.5 Å². The van der Waals surface area contributed by atoms with Crippen LogP contribution in [0.3, 0.4) is 0 Å². The molecule has 0 saturated carbocycles. The molecule has 0 spiro atoms. The van der Waals surface area contributed by atoms with E-state index < -0.39 is 0 Å². The van der Waals surface area contributed by atoms with Gasteiger partial charge in [-0.2, -0.15) is 0 Å². The normalized spacial score (nSPS) is 14.3. The number of hydrogen-bond acceptors (Lipinski definition) is 2. The van der Waals surface area contributed by atoms with Crippen LogP contribution >= 0.6 is 0 Å². The van der Waals surface area contributed by atoms with Crippen LogP contribution in [0, 0.1) is 0 Å². The lowest BCUT2D eigenvalue weighted by Gasteiger charge is -2.32. The summed E-state index contributed by atoms with van der Waals surface area (Å²) in [4.78, 5) is 0. The molecular formula is C26H57BO2. The molecule has 1 rings (SSSR count). The molecule has 0 aromatic carbocycles. The maximum Gasteiger partial charge on any atom is 0.494 e. The van der Waals surface area contributed by atoms with Gasteiger partial charge >= 0.3 is 7.12 Å². The molecule has 0 bridgehead atoms. The molecule has 0 unspecified atom stereocenters. The highest BCUT2D eigenvalue weighted by atomic mass is 16.7. The highest BCUT2D eigenvalue weighted by molar-refractivity contribution is 6.55. The number of allylic oxidation sites excluding steroid dienone is 5. The van der Waals surface area contributed by atoms with E-state index in [4.69, 9.17) is 9.31 Å². The Hall–Kier alpha value is -1.06. The molecule has 29 heavy (non-hydrogen) atoms. The summed E-state index contributed by atoms with van der Waals surface area (Å²) in [6.45, 7) is 40.9. The highest BCUT2D eigenvalue weighted by Crippen LogP contribution is 2.38. The molecule has 0 radical (unpaired) electrons. The van der Waals surface area contributed by atoms with Crippen molar-refractivity contribution in [3.63, 3.8) is 0 Å². The van der Waals surface area contributed by atoms with Gasteiger partial charge in [0.15, 0.2) is 0 Å². The molecule has 0 aromatic rings. The second kappa shape index (κ2) is 31.6. The first kappa shape index (κ1) is 42.1. The average Bonchev–Trinajstić information content (AvgIpc) is 2.96. The van der Waals surface area contributed by atoms with E-state index in [-0.39, 0.29) is 18.3 Å². The lowest BCUT2D eigenvalue weighted by atomic mass is 9.78. The van der Waals surface area contributed by atoms with E-state index in [1.807, 2.05) is 96.1 Å². The lowest BCUT2D eigenvalue weighted by Crippen LogP contribution is -2.41. The zero-order valence-corrected chi connectivity index (χ0v) is 23.0. The Bertz CT molecular complexity index is 334. The minimum Gasteiger partial charge on any atom is -0.399 e. The van der Waals surface area contributed by atoms with Gasteiger partial charge in [-0.3, -0.25) is 0 Å². The van der Waals surface area contributed by atoms with Crippen molar-refractivity contribution in [3.8, 4) is 0 Å². The SMILES string of the molecule is C=C/C(=C\C)B1OC(C)(C)C(C)(C)O1.C=CC=C.CC.CC.CC.CC.CCC. The third kappa shape index (κ3) is 23.1.